The van der Waals surface area contributed by atoms with E-state index in [0.29, 0.717) is 28.9 Å². The molecule has 1 aliphatic heterocycles. The molecule has 1 aliphatic carbocycles. The van der Waals surface area contributed by atoms with Crippen molar-refractivity contribution in [2.75, 3.05) is 20.1 Å². The van der Waals surface area contributed by atoms with Gasteiger partial charge < -0.3 is 14.7 Å². The van der Waals surface area contributed by atoms with Gasteiger partial charge in [-0.3, -0.25) is 9.59 Å². The Labute approximate surface area is 139 Å². The molecule has 4 rings (SSSR count). The Balaban J connectivity index is 1.69. The molecule has 2 aromatic rings. The van der Waals surface area contributed by atoms with Crippen molar-refractivity contribution >= 4 is 22.9 Å². The van der Waals surface area contributed by atoms with Crippen LogP contribution in [-0.2, 0) is 4.79 Å². The first-order valence-corrected chi connectivity index (χ1v) is 8.36. The Morgan fingerprint density at radius 3 is 2.83 bits per heavy atom. The number of nitrogens with zero attached hydrogens (tertiary/aromatic N) is 3. The number of rotatable bonds is 3. The third-order valence-corrected chi connectivity index (χ3v) is 4.89. The van der Waals surface area contributed by atoms with Crippen LogP contribution in [0.1, 0.15) is 46.9 Å². The molecule has 2 fully saturated rings. The first kappa shape index (κ1) is 15.1. The molecule has 0 aromatic carbocycles. The number of carbonyl (C=O) groups excluding carboxylic acids is 2. The highest BCUT2D eigenvalue weighted by Crippen LogP contribution is 2.37. The van der Waals surface area contributed by atoms with Gasteiger partial charge in [-0.05, 0) is 32.3 Å². The number of nitrogens with one attached hydrogen (secondary N) is 1. The predicted octanol–water partition coefficient (Wildman–Crippen LogP) is 1.62. The monoisotopic (exact) mass is 328 g/mol. The highest BCUT2D eigenvalue weighted by molar-refractivity contribution is 6.06. The Hall–Kier alpha value is -2.44. The molecule has 0 bridgehead atoms. The lowest BCUT2D eigenvalue weighted by molar-refractivity contribution is -0.131. The highest BCUT2D eigenvalue weighted by Gasteiger charge is 2.38. The molecule has 24 heavy (non-hydrogen) atoms. The van der Waals surface area contributed by atoms with Crippen molar-refractivity contribution in [3.05, 3.63) is 23.0 Å². The fourth-order valence-corrected chi connectivity index (χ4v) is 3.46. The molecule has 1 atom stereocenters. The number of hydrogen-bond donors (Lipinski definition) is 1. The fraction of sp³-hybridized carbons (Fsp3) is 0.529. The van der Waals surface area contributed by atoms with E-state index in [1.54, 1.807) is 13.1 Å². The summed E-state index contributed by atoms with van der Waals surface area (Å²) in [7, 11) is 1.60. The van der Waals surface area contributed by atoms with Crippen molar-refractivity contribution < 1.29 is 14.1 Å². The standard InChI is InChI=1S/C17H20N4O3/c1-9-7-12(15(22)18-2)13-14(20-24-16(13)19-9)11-5-6-21(8-11)17(23)10-3-4-10/h7,10-11H,3-6,8H2,1-2H3,(H,18,22). The molecule has 0 spiro atoms. The van der Waals surface area contributed by atoms with Gasteiger partial charge in [-0.25, -0.2) is 4.98 Å². The van der Waals surface area contributed by atoms with E-state index in [2.05, 4.69) is 15.5 Å². The lowest BCUT2D eigenvalue weighted by atomic mass is 9.99. The molecular formula is C17H20N4O3. The summed E-state index contributed by atoms with van der Waals surface area (Å²) in [6.45, 7) is 3.20. The van der Waals surface area contributed by atoms with E-state index in [1.807, 2.05) is 11.8 Å². The number of fused-ring (bicyclic) bond motifs is 1. The van der Waals surface area contributed by atoms with Crippen LogP contribution in [-0.4, -0.2) is 47.0 Å². The Morgan fingerprint density at radius 1 is 1.33 bits per heavy atom. The number of aryl methyl sites for hydroxylation is 1. The SMILES string of the molecule is CNC(=O)c1cc(C)nc2onc(C3CCN(C(=O)C4CC4)C3)c12. The number of hydrogen-bond acceptors (Lipinski definition) is 5. The van der Waals surface area contributed by atoms with Gasteiger partial charge in [0.25, 0.3) is 11.6 Å². The number of pyridine rings is 1. The van der Waals surface area contributed by atoms with Crippen LogP contribution in [0, 0.1) is 12.8 Å². The van der Waals surface area contributed by atoms with E-state index < -0.39 is 0 Å². The lowest BCUT2D eigenvalue weighted by Crippen LogP contribution is -2.29. The Morgan fingerprint density at radius 2 is 2.12 bits per heavy atom. The Bertz CT molecular complexity index is 825. The summed E-state index contributed by atoms with van der Waals surface area (Å²) in [5, 5.41) is 7.52. The molecule has 126 valence electrons. The second-order valence-electron chi connectivity index (χ2n) is 6.68. The van der Waals surface area contributed by atoms with Gasteiger partial charge in [-0.15, -0.1) is 0 Å². The van der Waals surface area contributed by atoms with Crippen LogP contribution in [0.2, 0.25) is 0 Å². The van der Waals surface area contributed by atoms with Gasteiger partial charge in [-0.2, -0.15) is 0 Å². The maximum absolute atomic E-state index is 12.3. The summed E-state index contributed by atoms with van der Waals surface area (Å²) >= 11 is 0. The smallest absolute Gasteiger partial charge is 0.259 e. The van der Waals surface area contributed by atoms with Crippen molar-refractivity contribution in [1.29, 1.82) is 0 Å². The fourth-order valence-electron chi connectivity index (χ4n) is 3.46. The largest absolute Gasteiger partial charge is 0.355 e. The quantitative estimate of drug-likeness (QED) is 0.925. The van der Waals surface area contributed by atoms with E-state index in [-0.39, 0.29) is 23.7 Å². The van der Waals surface area contributed by atoms with E-state index in [1.165, 1.54) is 0 Å². The minimum absolute atomic E-state index is 0.0851. The molecule has 2 aromatic heterocycles. The molecule has 0 radical (unpaired) electrons. The Kier molecular flexibility index (Phi) is 3.51. The molecule has 1 N–H and O–H groups in total. The predicted molar refractivity (Wildman–Crippen MR) is 86.6 cm³/mol. The van der Waals surface area contributed by atoms with Crippen molar-refractivity contribution in [2.45, 2.75) is 32.1 Å². The maximum atomic E-state index is 12.3. The summed E-state index contributed by atoms with van der Waals surface area (Å²) in [6, 6.07) is 1.75. The lowest BCUT2D eigenvalue weighted by Gasteiger charge is -2.15. The third-order valence-electron chi connectivity index (χ3n) is 4.89. The van der Waals surface area contributed by atoms with E-state index >= 15 is 0 Å². The number of likely N-dealkylation sites (tertiary alicyclic amines) is 1. The first-order valence-electron chi connectivity index (χ1n) is 8.36. The molecule has 2 amide bonds. The third kappa shape index (κ3) is 2.44. The van der Waals surface area contributed by atoms with Crippen LogP contribution in [0.3, 0.4) is 0 Å². The van der Waals surface area contributed by atoms with Crippen LogP contribution in [0.25, 0.3) is 11.1 Å². The zero-order chi connectivity index (χ0) is 16.8. The van der Waals surface area contributed by atoms with Crippen LogP contribution in [0.4, 0.5) is 0 Å². The van der Waals surface area contributed by atoms with Gasteiger partial charge in [0.1, 0.15) is 0 Å². The van der Waals surface area contributed by atoms with Gasteiger partial charge >= 0.3 is 0 Å². The normalized spacial score (nSPS) is 20.6. The van der Waals surface area contributed by atoms with Crippen LogP contribution in [0.15, 0.2) is 10.6 Å². The molecule has 7 nitrogen and oxygen atoms in total. The number of amides is 2. The van der Waals surface area contributed by atoms with E-state index in [9.17, 15) is 9.59 Å². The van der Waals surface area contributed by atoms with E-state index in [0.717, 1.165) is 31.5 Å². The van der Waals surface area contributed by atoms with Gasteiger partial charge in [0.15, 0.2) is 0 Å². The van der Waals surface area contributed by atoms with Crippen molar-refractivity contribution in [3.8, 4) is 0 Å². The first-order chi connectivity index (χ1) is 11.6. The molecule has 1 saturated carbocycles. The van der Waals surface area contributed by atoms with Crippen LogP contribution >= 0.6 is 0 Å². The molecule has 3 heterocycles. The summed E-state index contributed by atoms with van der Waals surface area (Å²) < 4.78 is 5.39. The summed E-state index contributed by atoms with van der Waals surface area (Å²) in [4.78, 5) is 30.8. The second-order valence-corrected chi connectivity index (χ2v) is 6.68. The minimum atomic E-state index is -0.182. The summed E-state index contributed by atoms with van der Waals surface area (Å²) in [5.41, 5.74) is 2.36. The second kappa shape index (κ2) is 5.58. The zero-order valence-electron chi connectivity index (χ0n) is 13.8. The average molecular weight is 328 g/mol. The zero-order valence-corrected chi connectivity index (χ0v) is 13.8. The number of aromatic nitrogens is 2. The van der Waals surface area contributed by atoms with Crippen molar-refractivity contribution in [2.24, 2.45) is 5.92 Å². The molecule has 7 heteroatoms. The van der Waals surface area contributed by atoms with Crippen LogP contribution in [0.5, 0.6) is 0 Å². The van der Waals surface area contributed by atoms with Crippen molar-refractivity contribution in [3.63, 3.8) is 0 Å². The maximum Gasteiger partial charge on any atom is 0.259 e. The van der Waals surface area contributed by atoms with Gasteiger partial charge in [0.2, 0.25) is 5.91 Å². The summed E-state index contributed by atoms with van der Waals surface area (Å²) in [6.07, 6.45) is 2.86. The number of carbonyl (C=O) groups is 2. The minimum Gasteiger partial charge on any atom is -0.355 e. The topological polar surface area (TPSA) is 88.3 Å². The molecular weight excluding hydrogens is 308 g/mol. The van der Waals surface area contributed by atoms with Crippen LogP contribution < -0.4 is 5.32 Å². The molecule has 2 aliphatic rings. The molecule has 1 unspecified atom stereocenters. The molecule has 1 saturated heterocycles. The van der Waals surface area contributed by atoms with Crippen molar-refractivity contribution in [1.82, 2.24) is 20.4 Å². The average Bonchev–Trinajstić information content (AvgIpc) is 3.16. The van der Waals surface area contributed by atoms with Gasteiger partial charge in [-0.1, -0.05) is 5.16 Å². The van der Waals surface area contributed by atoms with Gasteiger partial charge in [0.05, 0.1) is 16.6 Å². The highest BCUT2D eigenvalue weighted by atomic mass is 16.5. The van der Waals surface area contributed by atoms with Gasteiger partial charge in [0, 0.05) is 37.7 Å². The van der Waals surface area contributed by atoms with E-state index in [4.69, 9.17) is 4.52 Å². The summed E-state index contributed by atoms with van der Waals surface area (Å²) in [5.74, 6) is 0.384.